The average Bonchev–Trinajstić information content (AvgIpc) is 2.93. The van der Waals surface area contributed by atoms with E-state index in [0.717, 1.165) is 0 Å². The average molecular weight is 283 g/mol. The molecule has 0 spiro atoms. The monoisotopic (exact) mass is 283 g/mol. The number of H-pyrrole nitrogens is 1. The molecule has 2 atom stereocenters. The smallest absolute Gasteiger partial charge is 0.196 e. The lowest BCUT2D eigenvalue weighted by Crippen LogP contribution is -2.41. The van der Waals surface area contributed by atoms with Gasteiger partial charge in [0.05, 0.1) is 11.3 Å². The Morgan fingerprint density at radius 1 is 1.19 bits per heavy atom. The van der Waals surface area contributed by atoms with E-state index in [1.165, 1.54) is 29.9 Å². The van der Waals surface area contributed by atoms with Gasteiger partial charge in [-0.05, 0) is 30.2 Å². The van der Waals surface area contributed by atoms with E-state index in [0.29, 0.717) is 11.3 Å². The lowest BCUT2D eigenvalue weighted by Gasteiger charge is -2.33. The van der Waals surface area contributed by atoms with Crippen LogP contribution < -0.4 is 9.25 Å². The lowest BCUT2D eigenvalue weighted by atomic mass is 9.70. The molecule has 110 valence electrons. The van der Waals surface area contributed by atoms with Crippen LogP contribution >= 0.6 is 0 Å². The summed E-state index contributed by atoms with van der Waals surface area (Å²) in [5.41, 5.74) is 6.35. The van der Waals surface area contributed by atoms with Gasteiger partial charge >= 0.3 is 5.69 Å². The molecule has 0 aliphatic heterocycles. The number of aryl methyl sites for hydroxylation is 2. The van der Waals surface area contributed by atoms with Gasteiger partial charge in [0.15, 0.2) is 13.2 Å². The first-order valence-electron chi connectivity index (χ1n) is 7.95. The van der Waals surface area contributed by atoms with Crippen LogP contribution in [0.1, 0.15) is 50.8 Å². The van der Waals surface area contributed by atoms with Gasteiger partial charge in [-0.1, -0.05) is 20.8 Å². The Morgan fingerprint density at radius 2 is 1.95 bits per heavy atom. The van der Waals surface area contributed by atoms with Crippen LogP contribution in [0, 0.1) is 5.41 Å². The molecule has 4 rings (SSSR count). The Hall–Kier alpha value is -1.64. The van der Waals surface area contributed by atoms with Crippen molar-refractivity contribution >= 4 is 0 Å². The van der Waals surface area contributed by atoms with Crippen molar-refractivity contribution in [1.29, 1.82) is 0 Å². The van der Waals surface area contributed by atoms with Crippen molar-refractivity contribution in [2.45, 2.75) is 44.9 Å². The minimum Gasteiger partial charge on any atom is -0.196 e. The Kier molecular flexibility index (Phi) is 2.34. The van der Waals surface area contributed by atoms with Crippen LogP contribution in [0.25, 0.3) is 11.4 Å². The molecule has 1 saturated carbocycles. The summed E-state index contributed by atoms with van der Waals surface area (Å²) < 4.78 is 4.45. The summed E-state index contributed by atoms with van der Waals surface area (Å²) in [6.07, 6.45) is 4.76. The maximum atomic E-state index is 3.68. The summed E-state index contributed by atoms with van der Waals surface area (Å²) in [5, 5.41) is 3.68. The number of aromatic amines is 1. The minimum atomic E-state index is 0.288. The van der Waals surface area contributed by atoms with Crippen LogP contribution in [0.3, 0.4) is 0 Å². The predicted molar refractivity (Wildman–Crippen MR) is 81.7 cm³/mol. The highest BCUT2D eigenvalue weighted by molar-refractivity contribution is 5.61. The Bertz CT molecular complexity index is 741. The number of hydrogen-bond donors (Lipinski definition) is 1. The van der Waals surface area contributed by atoms with Gasteiger partial charge in [0.25, 0.3) is 5.69 Å². The molecule has 1 fully saturated rings. The van der Waals surface area contributed by atoms with Crippen molar-refractivity contribution in [2.75, 3.05) is 0 Å². The third kappa shape index (κ3) is 1.35. The highest BCUT2D eigenvalue weighted by Crippen LogP contribution is 2.68. The molecule has 3 nitrogen and oxygen atoms in total. The number of fused-ring (bicyclic) bond motifs is 5. The van der Waals surface area contributed by atoms with Gasteiger partial charge in [0.1, 0.15) is 7.05 Å². The van der Waals surface area contributed by atoms with Crippen LogP contribution in [-0.2, 0) is 19.5 Å². The molecule has 0 radical (unpaired) electrons. The number of nitrogens with one attached hydrogen (secondary N) is 1. The van der Waals surface area contributed by atoms with E-state index in [4.69, 9.17) is 0 Å². The molecule has 3 heteroatoms. The first kappa shape index (κ1) is 13.1. The highest BCUT2D eigenvalue weighted by Gasteiger charge is 2.64. The van der Waals surface area contributed by atoms with Crippen molar-refractivity contribution in [3.05, 3.63) is 35.7 Å². The van der Waals surface area contributed by atoms with Gasteiger partial charge in [-0.2, -0.15) is 9.67 Å². The summed E-state index contributed by atoms with van der Waals surface area (Å²) in [5.74, 6) is 0.671. The van der Waals surface area contributed by atoms with E-state index < -0.39 is 0 Å². The fourth-order valence-electron chi connectivity index (χ4n) is 4.87. The molecule has 2 aliphatic carbocycles. The Balaban J connectivity index is 2.02. The fraction of sp³-hybridized carbons (Fsp3) is 0.556. The van der Waals surface area contributed by atoms with Crippen molar-refractivity contribution in [2.24, 2.45) is 19.5 Å². The first-order chi connectivity index (χ1) is 9.88. The first-order valence-corrected chi connectivity index (χ1v) is 7.95. The molecule has 2 heterocycles. The molecule has 2 aromatic heterocycles. The number of hydrogen-bond acceptors (Lipinski definition) is 0. The highest BCUT2D eigenvalue weighted by atomic mass is 15.3. The molecule has 2 aliphatic rings. The van der Waals surface area contributed by atoms with Crippen molar-refractivity contribution < 1.29 is 9.25 Å². The predicted octanol–water partition coefficient (Wildman–Crippen LogP) is 2.51. The van der Waals surface area contributed by atoms with Crippen LogP contribution in [0.2, 0.25) is 0 Å². The summed E-state index contributed by atoms with van der Waals surface area (Å²) in [6, 6.07) is 6.45. The molecule has 2 aromatic rings. The van der Waals surface area contributed by atoms with Gasteiger partial charge in [-0.25, -0.2) is 0 Å². The number of nitrogens with zero attached hydrogens (tertiary/aromatic N) is 2. The van der Waals surface area contributed by atoms with Crippen LogP contribution in [-0.4, -0.2) is 5.10 Å². The standard InChI is InChI=1S/C18H24N3/c1-17(2)12-9-10-18(17,3)16-14(12)15(21(5)19-16)13-8-6-7-11-20(13)4/h6-8,11-12H,9-10H2,1-5H3/q+1/p+1. The second-order valence-corrected chi connectivity index (χ2v) is 7.65. The maximum absolute atomic E-state index is 3.68. The van der Waals surface area contributed by atoms with Gasteiger partial charge in [-0.3, -0.25) is 0 Å². The largest absolute Gasteiger partial charge is 0.305 e. The SMILES string of the molecule is C[n+]1ccccc1-c1c2c([nH][n+]1C)C1(C)CCC2C1(C)C. The normalized spacial score (nSPS) is 28.9. The van der Waals surface area contributed by atoms with E-state index in [9.17, 15) is 0 Å². The van der Waals surface area contributed by atoms with E-state index in [1.54, 1.807) is 5.56 Å². The number of aromatic nitrogens is 3. The Labute approximate surface area is 126 Å². The Morgan fingerprint density at radius 3 is 2.67 bits per heavy atom. The molecule has 0 saturated heterocycles. The van der Waals surface area contributed by atoms with Crippen LogP contribution in [0.15, 0.2) is 24.4 Å². The molecule has 2 bridgehead atoms. The zero-order valence-electron chi connectivity index (χ0n) is 13.7. The number of pyridine rings is 1. The summed E-state index contributed by atoms with van der Waals surface area (Å²) in [6.45, 7) is 7.35. The van der Waals surface area contributed by atoms with Gasteiger partial charge in [0.2, 0.25) is 0 Å². The summed E-state index contributed by atoms with van der Waals surface area (Å²) in [4.78, 5) is 0. The molecule has 2 unspecified atom stereocenters. The number of rotatable bonds is 1. The molecule has 0 aromatic carbocycles. The van der Waals surface area contributed by atoms with E-state index in [-0.39, 0.29) is 5.41 Å². The summed E-state index contributed by atoms with van der Waals surface area (Å²) >= 11 is 0. The van der Waals surface area contributed by atoms with Crippen LogP contribution in [0.4, 0.5) is 0 Å². The molecule has 0 amide bonds. The molecule has 21 heavy (non-hydrogen) atoms. The second-order valence-electron chi connectivity index (χ2n) is 7.65. The minimum absolute atomic E-state index is 0.288. The van der Waals surface area contributed by atoms with Crippen LogP contribution in [0.5, 0.6) is 0 Å². The lowest BCUT2D eigenvalue weighted by molar-refractivity contribution is -0.729. The quantitative estimate of drug-likeness (QED) is 0.778. The van der Waals surface area contributed by atoms with Gasteiger partial charge in [-0.15, -0.1) is 4.68 Å². The zero-order valence-corrected chi connectivity index (χ0v) is 13.7. The van der Waals surface area contributed by atoms with Gasteiger partial charge in [0, 0.05) is 17.5 Å². The second kappa shape index (κ2) is 3.76. The van der Waals surface area contributed by atoms with E-state index in [2.05, 4.69) is 73.6 Å². The zero-order chi connectivity index (χ0) is 15.0. The third-order valence-electron chi connectivity index (χ3n) is 6.56. The third-order valence-corrected chi connectivity index (χ3v) is 6.56. The molecule has 1 N–H and O–H groups in total. The fourth-order valence-corrected chi connectivity index (χ4v) is 4.87. The topological polar surface area (TPSA) is 23.5 Å². The molecular formula is C18H25N3+2. The maximum Gasteiger partial charge on any atom is 0.305 e. The summed E-state index contributed by atoms with van der Waals surface area (Å²) in [7, 11) is 4.28. The van der Waals surface area contributed by atoms with Gasteiger partial charge < -0.3 is 0 Å². The van der Waals surface area contributed by atoms with Crippen molar-refractivity contribution in [3.8, 4) is 11.4 Å². The van der Waals surface area contributed by atoms with Crippen molar-refractivity contribution in [3.63, 3.8) is 0 Å². The van der Waals surface area contributed by atoms with E-state index in [1.807, 2.05) is 0 Å². The van der Waals surface area contributed by atoms with Crippen molar-refractivity contribution in [1.82, 2.24) is 5.10 Å². The molecular weight excluding hydrogens is 258 g/mol. The van der Waals surface area contributed by atoms with E-state index >= 15 is 0 Å².